The molecule has 5 rings (SSSR count). The molecule has 41 heavy (non-hydrogen) atoms. The first kappa shape index (κ1) is 28.3. The number of ketones is 2. The van der Waals surface area contributed by atoms with Gasteiger partial charge in [0, 0.05) is 44.0 Å². The summed E-state index contributed by atoms with van der Waals surface area (Å²) in [5.74, 6) is -3.90. The molecular weight excluding hydrogens is 556 g/mol. The number of allylic oxidation sites excluding steroid dienone is 1. The molecule has 0 fully saturated rings. The molecule has 2 aliphatic rings. The maximum Gasteiger partial charge on any atom is 0.328 e. The van der Waals surface area contributed by atoms with Gasteiger partial charge in [-0.05, 0) is 17.7 Å². The summed E-state index contributed by atoms with van der Waals surface area (Å²) in [6.45, 7) is 1.62. The molecule has 3 aromatic rings. The van der Waals surface area contributed by atoms with Crippen LogP contribution in [0.1, 0.15) is 41.6 Å². The van der Waals surface area contributed by atoms with E-state index in [2.05, 4.69) is 0 Å². The lowest BCUT2D eigenvalue weighted by Crippen LogP contribution is -2.53. The Kier molecular flexibility index (Phi) is 6.89. The Hall–Kier alpha value is -4.25. The maximum atomic E-state index is 14.1. The highest BCUT2D eigenvalue weighted by atomic mass is 35.5. The molecule has 216 valence electrons. The fourth-order valence-electron chi connectivity index (χ4n) is 5.92. The van der Waals surface area contributed by atoms with E-state index in [1.807, 2.05) is 0 Å². The molecule has 2 aromatic carbocycles. The van der Waals surface area contributed by atoms with E-state index in [9.17, 15) is 24.3 Å². The minimum atomic E-state index is -2.01. The number of benzene rings is 2. The Morgan fingerprint density at radius 2 is 1.76 bits per heavy atom. The number of hydrogen-bond acceptors (Lipinski definition) is 9. The van der Waals surface area contributed by atoms with Crippen LogP contribution in [-0.4, -0.2) is 58.7 Å². The van der Waals surface area contributed by atoms with Crippen LogP contribution >= 0.6 is 11.6 Å². The van der Waals surface area contributed by atoms with Crippen LogP contribution in [0.5, 0.6) is 17.2 Å². The third kappa shape index (κ3) is 3.93. The van der Waals surface area contributed by atoms with Crippen LogP contribution in [0.3, 0.4) is 0 Å². The van der Waals surface area contributed by atoms with E-state index in [1.54, 1.807) is 39.2 Å². The molecule has 0 amide bonds. The third-order valence-electron chi connectivity index (χ3n) is 8.16. The monoisotopic (exact) mass is 584 g/mol. The number of aromatic nitrogens is 2. The number of Topliss-reactive ketones (excluding diaryl/α,β-unsaturated/α-hetero) is 2. The number of halogens is 1. The van der Waals surface area contributed by atoms with Crippen molar-refractivity contribution >= 4 is 40.2 Å². The van der Waals surface area contributed by atoms with Gasteiger partial charge in [0.1, 0.15) is 22.1 Å². The number of carbonyl (C=O) groups is 3. The normalized spacial score (nSPS) is 20.8. The lowest BCUT2D eigenvalue weighted by atomic mass is 9.69. The number of hydrogen-bond donors (Lipinski definition) is 1. The van der Waals surface area contributed by atoms with Crippen molar-refractivity contribution in [3.63, 3.8) is 0 Å². The number of ether oxygens (including phenoxy) is 4. The number of esters is 1. The summed E-state index contributed by atoms with van der Waals surface area (Å²) in [5, 5.41) is 11.9. The van der Waals surface area contributed by atoms with Crippen molar-refractivity contribution in [2.24, 2.45) is 20.0 Å². The van der Waals surface area contributed by atoms with E-state index >= 15 is 0 Å². The second-order valence-corrected chi connectivity index (χ2v) is 10.6. The average Bonchev–Trinajstić information content (AvgIpc) is 3.39. The number of carbonyl (C=O) groups excluding carboxylic acids is 3. The Balaban J connectivity index is 1.75. The van der Waals surface area contributed by atoms with Crippen molar-refractivity contribution in [3.05, 3.63) is 62.2 Å². The van der Waals surface area contributed by atoms with Crippen LogP contribution in [-0.2, 0) is 28.4 Å². The molecule has 12 heteroatoms. The summed E-state index contributed by atoms with van der Waals surface area (Å²) in [7, 11) is 7.22. The molecule has 0 saturated heterocycles. The standard InChI is InChI=1S/C29H29ClN2O9/c1-13-9-18(33)22(15(11-21(34)40-6)14-7-8-16-17(10-14)32(3)28(37)31(16)2)26(35)29(13)27(36)23-19(38-4)12-20(39-5)24(30)25(23)41-29/h7-8,10,12-13,15,35H,9,11H2,1-6H3/t13-,15?,29+/m1/s1. The molecule has 0 bridgehead atoms. The SMILES string of the molecule is COC(=O)CC(C1=C(O)[C@@]2(Oc3c(Cl)c(OC)cc(OC)c3C2=O)[C@H](C)CC1=O)c1ccc2c(c1)n(C)c(=O)n2C. The van der Waals surface area contributed by atoms with Gasteiger partial charge in [-0.15, -0.1) is 0 Å². The summed E-state index contributed by atoms with van der Waals surface area (Å²) in [6.07, 6.45) is -0.489. The van der Waals surface area contributed by atoms with E-state index in [4.69, 9.17) is 30.5 Å². The van der Waals surface area contributed by atoms with Crippen molar-refractivity contribution in [1.82, 2.24) is 9.13 Å². The first-order valence-corrected chi connectivity index (χ1v) is 13.2. The van der Waals surface area contributed by atoms with Crippen molar-refractivity contribution in [2.45, 2.75) is 31.3 Å². The predicted molar refractivity (Wildman–Crippen MR) is 148 cm³/mol. The second kappa shape index (κ2) is 9.99. The minimum Gasteiger partial charge on any atom is -0.507 e. The van der Waals surface area contributed by atoms with Crippen molar-refractivity contribution in [3.8, 4) is 17.2 Å². The van der Waals surface area contributed by atoms with Crippen LogP contribution in [0.25, 0.3) is 11.0 Å². The molecule has 3 atom stereocenters. The lowest BCUT2D eigenvalue weighted by molar-refractivity contribution is -0.140. The number of fused-ring (bicyclic) bond motifs is 2. The van der Waals surface area contributed by atoms with Gasteiger partial charge in [0.05, 0.1) is 38.8 Å². The Labute approximate surface area is 239 Å². The van der Waals surface area contributed by atoms with Gasteiger partial charge < -0.3 is 24.1 Å². The molecule has 1 spiro atoms. The zero-order chi connectivity index (χ0) is 30.0. The number of rotatable bonds is 6. The molecule has 1 aromatic heterocycles. The van der Waals surface area contributed by atoms with Gasteiger partial charge in [-0.1, -0.05) is 24.6 Å². The molecule has 11 nitrogen and oxygen atoms in total. The number of methoxy groups -OCH3 is 3. The quantitative estimate of drug-likeness (QED) is 0.431. The lowest BCUT2D eigenvalue weighted by Gasteiger charge is -2.38. The summed E-state index contributed by atoms with van der Waals surface area (Å²) in [6, 6.07) is 6.49. The summed E-state index contributed by atoms with van der Waals surface area (Å²) < 4.78 is 24.8. The summed E-state index contributed by atoms with van der Waals surface area (Å²) in [5.41, 5.74) is -0.754. The topological polar surface area (TPSA) is 135 Å². The molecule has 0 radical (unpaired) electrons. The molecule has 1 aliphatic carbocycles. The van der Waals surface area contributed by atoms with Crippen molar-refractivity contribution in [1.29, 1.82) is 0 Å². The fourth-order valence-corrected chi connectivity index (χ4v) is 6.18. The van der Waals surface area contributed by atoms with Crippen LogP contribution in [0, 0.1) is 5.92 Å². The second-order valence-electron chi connectivity index (χ2n) is 10.2. The van der Waals surface area contributed by atoms with Crippen molar-refractivity contribution < 1.29 is 38.4 Å². The Morgan fingerprint density at radius 1 is 1.10 bits per heavy atom. The molecular formula is C29H29ClN2O9. The van der Waals surface area contributed by atoms with E-state index < -0.39 is 40.7 Å². The van der Waals surface area contributed by atoms with E-state index in [0.717, 1.165) is 0 Å². The Bertz CT molecular complexity index is 1730. The van der Waals surface area contributed by atoms with Crippen LogP contribution < -0.4 is 19.9 Å². The van der Waals surface area contributed by atoms with Crippen LogP contribution in [0.4, 0.5) is 0 Å². The molecule has 2 heterocycles. The zero-order valence-corrected chi connectivity index (χ0v) is 24.1. The number of imidazole rings is 1. The first-order valence-electron chi connectivity index (χ1n) is 12.8. The van der Waals surface area contributed by atoms with Gasteiger partial charge in [-0.2, -0.15) is 0 Å². The fraction of sp³-hybridized carbons (Fsp3) is 0.379. The highest BCUT2D eigenvalue weighted by molar-refractivity contribution is 6.35. The largest absolute Gasteiger partial charge is 0.507 e. The maximum absolute atomic E-state index is 14.1. The van der Waals surface area contributed by atoms with Crippen molar-refractivity contribution in [2.75, 3.05) is 21.3 Å². The van der Waals surface area contributed by atoms with Crippen LogP contribution in [0.2, 0.25) is 5.02 Å². The molecule has 0 saturated carbocycles. The zero-order valence-electron chi connectivity index (χ0n) is 23.4. The summed E-state index contributed by atoms with van der Waals surface area (Å²) >= 11 is 6.53. The van der Waals surface area contributed by atoms with Gasteiger partial charge in [-0.3, -0.25) is 23.5 Å². The third-order valence-corrected chi connectivity index (χ3v) is 8.51. The Morgan fingerprint density at radius 3 is 2.39 bits per heavy atom. The minimum absolute atomic E-state index is 0.00790. The number of aliphatic hydroxyl groups is 1. The van der Waals surface area contributed by atoms with Gasteiger partial charge in [-0.25, -0.2) is 4.79 Å². The van der Waals surface area contributed by atoms with Gasteiger partial charge in [0.15, 0.2) is 17.3 Å². The first-order chi connectivity index (χ1) is 19.4. The van der Waals surface area contributed by atoms with E-state index in [0.29, 0.717) is 16.6 Å². The molecule has 1 N–H and O–H groups in total. The van der Waals surface area contributed by atoms with Gasteiger partial charge in [0.25, 0.3) is 0 Å². The van der Waals surface area contributed by atoms with Gasteiger partial charge in [0.2, 0.25) is 11.4 Å². The van der Waals surface area contributed by atoms with Gasteiger partial charge >= 0.3 is 11.7 Å². The summed E-state index contributed by atoms with van der Waals surface area (Å²) in [4.78, 5) is 52.9. The highest BCUT2D eigenvalue weighted by Crippen LogP contribution is 2.55. The predicted octanol–water partition coefficient (Wildman–Crippen LogP) is 3.63. The smallest absolute Gasteiger partial charge is 0.328 e. The average molecular weight is 585 g/mol. The highest BCUT2D eigenvalue weighted by Gasteiger charge is 2.61. The van der Waals surface area contributed by atoms with E-state index in [1.165, 1.54) is 36.5 Å². The number of aliphatic hydroxyl groups excluding tert-OH is 1. The van der Waals surface area contributed by atoms with Crippen LogP contribution in [0.15, 0.2) is 40.4 Å². The van der Waals surface area contributed by atoms with E-state index in [-0.39, 0.29) is 51.9 Å². The number of aryl methyl sites for hydroxylation is 2. The number of nitrogens with zero attached hydrogens (tertiary/aromatic N) is 2. The molecule has 1 aliphatic heterocycles. The molecule has 1 unspecified atom stereocenters.